The van der Waals surface area contributed by atoms with E-state index in [1.807, 2.05) is 24.3 Å². The lowest BCUT2D eigenvalue weighted by molar-refractivity contribution is 0.0993. The highest BCUT2D eigenvalue weighted by atomic mass is 32.1. The lowest BCUT2D eigenvalue weighted by atomic mass is 9.78. The predicted octanol–water partition coefficient (Wildman–Crippen LogP) is 1.94. The summed E-state index contributed by atoms with van der Waals surface area (Å²) in [5.41, 5.74) is 5.97. The summed E-state index contributed by atoms with van der Waals surface area (Å²) in [5, 5.41) is 9.73. The van der Waals surface area contributed by atoms with E-state index in [2.05, 4.69) is 4.98 Å². The minimum absolute atomic E-state index is 0.0331. The summed E-state index contributed by atoms with van der Waals surface area (Å²) in [6, 6.07) is 11.3. The maximum Gasteiger partial charge on any atom is 0.491 e. The van der Waals surface area contributed by atoms with Gasteiger partial charge in [0.05, 0.1) is 22.3 Å². The van der Waals surface area contributed by atoms with Gasteiger partial charge in [0, 0.05) is 12.0 Å². The first kappa shape index (κ1) is 13.6. The van der Waals surface area contributed by atoms with Crippen LogP contribution in [0.4, 0.5) is 0 Å². The second kappa shape index (κ2) is 5.32. The molecule has 0 saturated carbocycles. The molecule has 0 fully saturated rings. The summed E-state index contributed by atoms with van der Waals surface area (Å²) < 4.78 is 6.24. The second-order valence-corrected chi connectivity index (χ2v) is 6.22. The maximum atomic E-state index is 12.5. The number of aromatic nitrogens is 1. The molecule has 0 spiro atoms. The Balaban J connectivity index is 1.60. The fraction of sp³-hybridized carbons (Fsp3) is 0.125. The third-order valence-corrected chi connectivity index (χ3v) is 4.68. The van der Waals surface area contributed by atoms with Gasteiger partial charge in [-0.15, -0.1) is 11.3 Å². The van der Waals surface area contributed by atoms with Gasteiger partial charge in [-0.1, -0.05) is 24.3 Å². The molecule has 4 nitrogen and oxygen atoms in total. The van der Waals surface area contributed by atoms with Gasteiger partial charge in [-0.25, -0.2) is 4.98 Å². The summed E-state index contributed by atoms with van der Waals surface area (Å²) in [5.74, 6) is 0.0331. The minimum atomic E-state index is -0.920. The van der Waals surface area contributed by atoms with Crippen LogP contribution in [0.5, 0.6) is 0 Å². The van der Waals surface area contributed by atoms with Crippen molar-refractivity contribution in [3.8, 4) is 0 Å². The lowest BCUT2D eigenvalue weighted by Crippen LogP contribution is -2.28. The summed E-state index contributed by atoms with van der Waals surface area (Å²) in [7, 11) is -0.920. The molecule has 0 aliphatic carbocycles. The first-order valence-electron chi connectivity index (χ1n) is 6.98. The van der Waals surface area contributed by atoms with Crippen molar-refractivity contribution in [1.82, 2.24) is 4.98 Å². The normalized spacial score (nSPS) is 13.6. The van der Waals surface area contributed by atoms with Crippen LogP contribution in [-0.2, 0) is 17.7 Å². The van der Waals surface area contributed by atoms with Gasteiger partial charge in [0.1, 0.15) is 0 Å². The van der Waals surface area contributed by atoms with Crippen LogP contribution >= 0.6 is 11.3 Å². The van der Waals surface area contributed by atoms with Gasteiger partial charge >= 0.3 is 7.12 Å². The van der Waals surface area contributed by atoms with E-state index in [0.29, 0.717) is 24.1 Å². The maximum absolute atomic E-state index is 12.5. The number of thiazole rings is 1. The fourth-order valence-electron chi connectivity index (χ4n) is 2.69. The zero-order valence-electron chi connectivity index (χ0n) is 11.7. The molecule has 1 aliphatic rings. The summed E-state index contributed by atoms with van der Waals surface area (Å²) in [6.07, 6.45) is 0.337. The van der Waals surface area contributed by atoms with Crippen molar-refractivity contribution >= 4 is 39.9 Å². The average Bonchev–Trinajstić information content (AvgIpc) is 3.13. The van der Waals surface area contributed by atoms with Crippen LogP contribution in [-0.4, -0.2) is 22.9 Å². The topological polar surface area (TPSA) is 59.4 Å². The zero-order chi connectivity index (χ0) is 15.1. The number of fused-ring (bicyclic) bond motifs is 2. The first-order chi connectivity index (χ1) is 10.7. The highest BCUT2D eigenvalue weighted by Crippen LogP contribution is 2.20. The van der Waals surface area contributed by atoms with Crippen LogP contribution in [0.25, 0.3) is 10.2 Å². The fourth-order valence-corrected chi connectivity index (χ4v) is 3.43. The molecule has 1 N–H and O–H groups in total. The van der Waals surface area contributed by atoms with Crippen LogP contribution in [0, 0.1) is 0 Å². The summed E-state index contributed by atoms with van der Waals surface area (Å²) >= 11 is 1.57. The molecule has 0 atom stereocenters. The molecule has 1 aromatic heterocycles. The number of carbonyl (C=O) groups excluding carboxylic acids is 1. The monoisotopic (exact) mass is 309 g/mol. The van der Waals surface area contributed by atoms with Crippen LogP contribution < -0.4 is 5.46 Å². The Morgan fingerprint density at radius 3 is 3.14 bits per heavy atom. The molecule has 2 aromatic carbocycles. The first-order valence-corrected chi connectivity index (χ1v) is 7.86. The molecule has 22 heavy (non-hydrogen) atoms. The Hall–Kier alpha value is -2.02. The van der Waals surface area contributed by atoms with Gasteiger partial charge in [0.2, 0.25) is 0 Å². The lowest BCUT2D eigenvalue weighted by Gasteiger charge is -2.05. The van der Waals surface area contributed by atoms with Gasteiger partial charge in [-0.05, 0) is 28.7 Å². The van der Waals surface area contributed by atoms with E-state index in [1.165, 1.54) is 0 Å². The third-order valence-electron chi connectivity index (χ3n) is 3.89. The number of hydrogen-bond acceptors (Lipinski definition) is 5. The van der Waals surface area contributed by atoms with Crippen molar-refractivity contribution in [3.63, 3.8) is 0 Å². The minimum Gasteiger partial charge on any atom is -0.423 e. The van der Waals surface area contributed by atoms with E-state index in [9.17, 15) is 9.82 Å². The van der Waals surface area contributed by atoms with Crippen molar-refractivity contribution in [2.75, 3.05) is 0 Å². The van der Waals surface area contributed by atoms with Crippen LogP contribution in [0.2, 0.25) is 0 Å². The molecule has 0 radical (unpaired) electrons. The number of ketones is 1. The molecular weight excluding hydrogens is 297 g/mol. The van der Waals surface area contributed by atoms with Crippen molar-refractivity contribution in [2.45, 2.75) is 13.0 Å². The zero-order valence-corrected chi connectivity index (χ0v) is 12.5. The van der Waals surface area contributed by atoms with Gasteiger partial charge < -0.3 is 9.68 Å². The molecule has 0 bridgehead atoms. The van der Waals surface area contributed by atoms with Crippen molar-refractivity contribution in [2.24, 2.45) is 0 Å². The molecular formula is C16H12BNO3S. The number of carbonyl (C=O) groups is 1. The predicted molar refractivity (Wildman–Crippen MR) is 86.5 cm³/mol. The molecule has 0 saturated heterocycles. The van der Waals surface area contributed by atoms with E-state index in [-0.39, 0.29) is 5.78 Å². The Morgan fingerprint density at radius 1 is 1.32 bits per heavy atom. The van der Waals surface area contributed by atoms with Crippen LogP contribution in [0.3, 0.4) is 0 Å². The Kier molecular flexibility index (Phi) is 3.30. The Labute approximate surface area is 131 Å². The van der Waals surface area contributed by atoms with Gasteiger partial charge in [-0.3, -0.25) is 4.79 Å². The van der Waals surface area contributed by atoms with Gasteiger partial charge in [0.25, 0.3) is 0 Å². The molecule has 0 unspecified atom stereocenters. The summed E-state index contributed by atoms with van der Waals surface area (Å²) in [4.78, 5) is 16.7. The van der Waals surface area contributed by atoms with Gasteiger partial charge in [0.15, 0.2) is 5.78 Å². The van der Waals surface area contributed by atoms with E-state index >= 15 is 0 Å². The third kappa shape index (κ3) is 2.35. The van der Waals surface area contributed by atoms with Crippen molar-refractivity contribution in [1.29, 1.82) is 0 Å². The standard InChI is InChI=1S/C16H12BNO3S/c19-15(5-10-1-4-14-16(6-10)22-9-18-14)11-2-3-12-8-21-17(20)13(12)7-11/h1-4,6-7,9,20H,5,8H2. The number of hydrogen-bond donors (Lipinski definition) is 1. The second-order valence-electron chi connectivity index (χ2n) is 5.33. The average molecular weight is 309 g/mol. The number of benzene rings is 2. The highest BCUT2D eigenvalue weighted by molar-refractivity contribution is 7.16. The van der Waals surface area contributed by atoms with E-state index in [0.717, 1.165) is 21.3 Å². The SMILES string of the molecule is O=C(Cc1ccc2ncsc2c1)c1ccc2c(c1)B(O)OC2. The molecule has 6 heteroatoms. The quantitative estimate of drug-likeness (QED) is 0.593. The van der Waals surface area contributed by atoms with E-state index < -0.39 is 7.12 Å². The van der Waals surface area contributed by atoms with Crippen molar-refractivity contribution in [3.05, 3.63) is 58.6 Å². The number of rotatable bonds is 3. The number of Topliss-reactive ketones (excluding diaryl/α,β-unsaturated/α-hetero) is 1. The van der Waals surface area contributed by atoms with E-state index in [4.69, 9.17) is 4.65 Å². The highest BCUT2D eigenvalue weighted by Gasteiger charge is 2.27. The molecule has 108 valence electrons. The van der Waals surface area contributed by atoms with Crippen LogP contribution in [0.1, 0.15) is 21.5 Å². The largest absolute Gasteiger partial charge is 0.491 e. The Morgan fingerprint density at radius 2 is 2.23 bits per heavy atom. The van der Waals surface area contributed by atoms with E-state index in [1.54, 1.807) is 29.0 Å². The molecule has 0 amide bonds. The molecule has 2 heterocycles. The smallest absolute Gasteiger partial charge is 0.423 e. The molecule has 3 aromatic rings. The summed E-state index contributed by atoms with van der Waals surface area (Å²) in [6.45, 7) is 0.396. The Bertz CT molecular complexity index is 877. The van der Waals surface area contributed by atoms with Crippen LogP contribution in [0.15, 0.2) is 41.9 Å². The molecule has 4 rings (SSSR count). The van der Waals surface area contributed by atoms with Gasteiger partial charge in [-0.2, -0.15) is 0 Å². The number of nitrogens with zero attached hydrogens (tertiary/aromatic N) is 1. The van der Waals surface area contributed by atoms with Crippen molar-refractivity contribution < 1.29 is 14.5 Å². The molecule has 1 aliphatic heterocycles.